The predicted octanol–water partition coefficient (Wildman–Crippen LogP) is 9.81. The molecule has 0 unspecified atom stereocenters. The summed E-state index contributed by atoms with van der Waals surface area (Å²) in [5, 5.41) is 0. The van der Waals surface area contributed by atoms with Crippen LogP contribution in [0.2, 0.25) is 0 Å². The molecule has 0 bridgehead atoms. The second kappa shape index (κ2) is 10.9. The molecule has 0 aliphatic heterocycles. The number of aromatic nitrogens is 2. The van der Waals surface area contributed by atoms with Crippen molar-refractivity contribution in [1.82, 2.24) is 9.55 Å². The predicted molar refractivity (Wildman–Crippen MR) is 163 cm³/mol. The van der Waals surface area contributed by atoms with Crippen molar-refractivity contribution in [2.24, 2.45) is 0 Å². The summed E-state index contributed by atoms with van der Waals surface area (Å²) in [5.41, 5.74) is 8.71. The molecule has 1 heterocycles. The molecule has 0 aliphatic carbocycles. The fraction of sp³-hybridized carbons (Fsp3) is 0. The molecule has 1 aromatic heterocycles. The molecule has 0 atom stereocenters. The van der Waals surface area contributed by atoms with E-state index in [-0.39, 0.29) is 0 Å². The van der Waals surface area contributed by atoms with Crippen LogP contribution in [0.25, 0.3) is 51.7 Å². The highest BCUT2D eigenvalue weighted by Gasteiger charge is 2.22. The van der Waals surface area contributed by atoms with Gasteiger partial charge in [0.25, 0.3) is 0 Å². The monoisotopic (exact) mass is 552 g/mol. The fourth-order valence-corrected chi connectivity index (χ4v) is 4.88. The van der Waals surface area contributed by atoms with E-state index in [2.05, 4.69) is 160 Å². The molecule has 6 aromatic rings. The molecule has 2 nitrogen and oxygen atoms in total. The first-order chi connectivity index (χ1) is 18.8. The highest BCUT2D eigenvalue weighted by molar-refractivity contribution is 9.10. The van der Waals surface area contributed by atoms with Crippen molar-refractivity contribution in [2.45, 2.75) is 0 Å². The van der Waals surface area contributed by atoms with Gasteiger partial charge >= 0.3 is 0 Å². The standard InChI is InChI=1S/C35H25BrN2/c36-31-22-18-26(19-23-31)16-17-27-20-24-32(25-21-27)38-34(29-12-6-2-7-13-29)33(28-10-4-1-5-11-28)37-35(38)30-14-8-3-9-15-30/h1-25H. The summed E-state index contributed by atoms with van der Waals surface area (Å²) < 4.78 is 3.37. The van der Waals surface area contributed by atoms with Crippen molar-refractivity contribution >= 4 is 28.1 Å². The molecule has 3 heteroatoms. The molecular formula is C35H25BrN2. The smallest absolute Gasteiger partial charge is 0.145 e. The summed E-state index contributed by atoms with van der Waals surface area (Å²) in [4.78, 5) is 5.25. The molecule has 0 aliphatic rings. The maximum absolute atomic E-state index is 5.25. The van der Waals surface area contributed by atoms with Crippen LogP contribution in [0.15, 0.2) is 144 Å². The van der Waals surface area contributed by atoms with Gasteiger partial charge in [0, 0.05) is 26.9 Å². The molecule has 0 saturated heterocycles. The average molecular weight is 554 g/mol. The van der Waals surface area contributed by atoms with Gasteiger partial charge in [-0.15, -0.1) is 0 Å². The van der Waals surface area contributed by atoms with E-state index in [4.69, 9.17) is 4.98 Å². The minimum Gasteiger partial charge on any atom is -0.292 e. The van der Waals surface area contributed by atoms with Gasteiger partial charge in [-0.2, -0.15) is 0 Å². The zero-order valence-corrected chi connectivity index (χ0v) is 22.3. The van der Waals surface area contributed by atoms with Crippen LogP contribution in [0.1, 0.15) is 11.1 Å². The first-order valence-corrected chi connectivity index (χ1v) is 13.4. The minimum atomic E-state index is 0.918. The SMILES string of the molecule is Brc1ccc(C=Cc2ccc(-n3c(-c4ccccc4)nc(-c4ccccc4)c3-c3ccccc3)cc2)cc1. The van der Waals surface area contributed by atoms with E-state index in [0.717, 1.165) is 55.2 Å². The van der Waals surface area contributed by atoms with E-state index < -0.39 is 0 Å². The minimum absolute atomic E-state index is 0.918. The van der Waals surface area contributed by atoms with Crippen LogP contribution in [-0.2, 0) is 0 Å². The largest absolute Gasteiger partial charge is 0.292 e. The van der Waals surface area contributed by atoms with Crippen molar-refractivity contribution in [3.05, 3.63) is 155 Å². The molecule has 5 aromatic carbocycles. The summed E-state index contributed by atoms with van der Waals surface area (Å²) in [6, 6.07) is 48.4. The van der Waals surface area contributed by atoms with Crippen molar-refractivity contribution < 1.29 is 0 Å². The zero-order valence-electron chi connectivity index (χ0n) is 20.7. The van der Waals surface area contributed by atoms with E-state index in [9.17, 15) is 0 Å². The van der Waals surface area contributed by atoms with Gasteiger partial charge in [0.15, 0.2) is 0 Å². The molecule has 0 spiro atoms. The Morgan fingerprint density at radius 3 is 1.53 bits per heavy atom. The lowest BCUT2D eigenvalue weighted by molar-refractivity contribution is 1.07. The number of imidazole rings is 1. The van der Waals surface area contributed by atoms with Gasteiger partial charge in [-0.1, -0.05) is 143 Å². The Hall–Kier alpha value is -4.47. The van der Waals surface area contributed by atoms with Crippen LogP contribution in [-0.4, -0.2) is 9.55 Å². The van der Waals surface area contributed by atoms with Gasteiger partial charge in [-0.05, 0) is 35.4 Å². The molecule has 6 rings (SSSR count). The Kier molecular flexibility index (Phi) is 6.84. The first kappa shape index (κ1) is 23.9. The van der Waals surface area contributed by atoms with Crippen molar-refractivity contribution in [3.63, 3.8) is 0 Å². The van der Waals surface area contributed by atoms with Crippen LogP contribution in [0.3, 0.4) is 0 Å². The van der Waals surface area contributed by atoms with E-state index in [1.807, 2.05) is 12.1 Å². The normalized spacial score (nSPS) is 11.2. The second-order valence-electron chi connectivity index (χ2n) is 9.04. The second-order valence-corrected chi connectivity index (χ2v) is 9.96. The molecule has 0 radical (unpaired) electrons. The van der Waals surface area contributed by atoms with Crippen LogP contribution in [0.5, 0.6) is 0 Å². The van der Waals surface area contributed by atoms with Crippen LogP contribution < -0.4 is 0 Å². The summed E-state index contributed by atoms with van der Waals surface area (Å²) in [6.07, 6.45) is 4.28. The number of nitrogens with zero attached hydrogens (tertiary/aromatic N) is 2. The topological polar surface area (TPSA) is 17.8 Å². The molecule has 0 saturated carbocycles. The molecule has 38 heavy (non-hydrogen) atoms. The van der Waals surface area contributed by atoms with Gasteiger partial charge in [0.2, 0.25) is 0 Å². The summed E-state index contributed by atoms with van der Waals surface area (Å²) in [7, 11) is 0. The number of hydrogen-bond donors (Lipinski definition) is 0. The maximum atomic E-state index is 5.25. The summed E-state index contributed by atoms with van der Waals surface area (Å²) in [5.74, 6) is 0.918. The van der Waals surface area contributed by atoms with Crippen molar-refractivity contribution in [2.75, 3.05) is 0 Å². The first-order valence-electron chi connectivity index (χ1n) is 12.6. The van der Waals surface area contributed by atoms with Crippen molar-refractivity contribution in [1.29, 1.82) is 0 Å². The van der Waals surface area contributed by atoms with Gasteiger partial charge in [-0.3, -0.25) is 4.57 Å². The van der Waals surface area contributed by atoms with E-state index in [1.54, 1.807) is 0 Å². The Bertz CT molecular complexity index is 1670. The summed E-state index contributed by atoms with van der Waals surface area (Å²) in [6.45, 7) is 0. The Morgan fingerprint density at radius 1 is 0.500 bits per heavy atom. The third kappa shape index (κ3) is 5.02. The Balaban J connectivity index is 1.51. The molecule has 0 fully saturated rings. The van der Waals surface area contributed by atoms with Crippen molar-refractivity contribution in [3.8, 4) is 39.6 Å². The quantitative estimate of drug-likeness (QED) is 0.188. The highest BCUT2D eigenvalue weighted by atomic mass is 79.9. The van der Waals surface area contributed by atoms with E-state index in [1.165, 1.54) is 0 Å². The maximum Gasteiger partial charge on any atom is 0.145 e. The fourth-order valence-electron chi connectivity index (χ4n) is 4.61. The Morgan fingerprint density at radius 2 is 0.974 bits per heavy atom. The van der Waals surface area contributed by atoms with Crippen LogP contribution in [0, 0.1) is 0 Å². The number of rotatable bonds is 6. The lowest BCUT2D eigenvalue weighted by atomic mass is 10.0. The molecular weight excluding hydrogens is 528 g/mol. The average Bonchev–Trinajstić information content (AvgIpc) is 3.39. The highest BCUT2D eigenvalue weighted by Crippen LogP contribution is 2.38. The number of hydrogen-bond acceptors (Lipinski definition) is 1. The van der Waals surface area contributed by atoms with Crippen LogP contribution in [0.4, 0.5) is 0 Å². The third-order valence-electron chi connectivity index (χ3n) is 6.49. The van der Waals surface area contributed by atoms with Gasteiger partial charge in [-0.25, -0.2) is 4.98 Å². The molecule has 182 valence electrons. The van der Waals surface area contributed by atoms with Gasteiger partial charge in [0.1, 0.15) is 5.82 Å². The molecule has 0 amide bonds. The van der Waals surface area contributed by atoms with Gasteiger partial charge < -0.3 is 0 Å². The summed E-state index contributed by atoms with van der Waals surface area (Å²) >= 11 is 3.50. The Labute approximate surface area is 231 Å². The number of halogens is 1. The van der Waals surface area contributed by atoms with E-state index >= 15 is 0 Å². The molecule has 0 N–H and O–H groups in total. The van der Waals surface area contributed by atoms with E-state index in [0.29, 0.717) is 0 Å². The third-order valence-corrected chi connectivity index (χ3v) is 7.02. The zero-order chi connectivity index (χ0) is 25.7. The van der Waals surface area contributed by atoms with Crippen LogP contribution >= 0.6 is 15.9 Å². The number of benzene rings is 5. The lowest BCUT2D eigenvalue weighted by Crippen LogP contribution is -2.00. The van der Waals surface area contributed by atoms with Gasteiger partial charge in [0.05, 0.1) is 11.4 Å². The lowest BCUT2D eigenvalue weighted by Gasteiger charge is -2.14.